The molecule has 2 aromatic carbocycles. The summed E-state index contributed by atoms with van der Waals surface area (Å²) in [7, 11) is -4.67. The van der Waals surface area contributed by atoms with Gasteiger partial charge in [-0.2, -0.15) is 8.42 Å². The Bertz CT molecular complexity index is 730. The summed E-state index contributed by atoms with van der Waals surface area (Å²) in [5.41, 5.74) is 2.78. The van der Waals surface area contributed by atoms with E-state index in [1.54, 1.807) is 0 Å². The van der Waals surface area contributed by atoms with Crippen molar-refractivity contribution in [3.05, 3.63) is 59.7 Å². The van der Waals surface area contributed by atoms with Gasteiger partial charge in [-0.3, -0.25) is 9.11 Å². The second-order valence-electron chi connectivity index (χ2n) is 6.13. The van der Waals surface area contributed by atoms with E-state index in [2.05, 4.69) is 36.4 Å². The third-order valence-electron chi connectivity index (χ3n) is 4.07. The van der Waals surface area contributed by atoms with Crippen LogP contribution in [0.4, 0.5) is 0 Å². The minimum absolute atomic E-state index is 0.510. The second kappa shape index (κ2) is 11.1. The maximum atomic E-state index is 8.74. The number of hydrogen-bond donors (Lipinski definition) is 2. The quantitative estimate of drug-likeness (QED) is 0.361. The molecule has 0 aliphatic carbocycles. The Hall–Kier alpha value is -0.220. The van der Waals surface area contributed by atoms with E-state index in [-0.39, 0.29) is 0 Å². The van der Waals surface area contributed by atoms with Crippen LogP contribution in [-0.2, 0) is 75.5 Å². The van der Waals surface area contributed by atoms with Gasteiger partial charge in [-0.15, -0.1) is 0 Å². The SMILES string of the molecule is O=S(=O)(O)O.[Hg][CH2]C1Cc2ccccc2O1.[Hg][CH2]C1Cc2ccccc2O1. The van der Waals surface area contributed by atoms with Crippen LogP contribution < -0.4 is 9.47 Å². The van der Waals surface area contributed by atoms with E-state index in [1.165, 1.54) is 19.0 Å². The molecular formula is C18H20Hg2O6S. The van der Waals surface area contributed by atoms with E-state index in [0.29, 0.717) is 12.2 Å². The number of hydrogen-bond acceptors (Lipinski definition) is 4. The van der Waals surface area contributed by atoms with Crippen LogP contribution in [0.3, 0.4) is 0 Å². The number of benzene rings is 2. The Balaban J connectivity index is 0.000000157. The fourth-order valence-corrected chi connectivity index (χ4v) is 5.33. The van der Waals surface area contributed by atoms with Gasteiger partial charge in [0, 0.05) is 0 Å². The van der Waals surface area contributed by atoms with E-state index < -0.39 is 10.4 Å². The van der Waals surface area contributed by atoms with Gasteiger partial charge < -0.3 is 0 Å². The molecule has 9 heteroatoms. The van der Waals surface area contributed by atoms with Gasteiger partial charge in [-0.05, 0) is 0 Å². The normalized spacial score (nSPS) is 19.3. The van der Waals surface area contributed by atoms with E-state index in [0.717, 1.165) is 76.6 Å². The van der Waals surface area contributed by atoms with Crippen molar-refractivity contribution in [3.8, 4) is 11.5 Å². The van der Waals surface area contributed by atoms with Gasteiger partial charge in [0.15, 0.2) is 0 Å². The molecule has 2 heterocycles. The predicted molar refractivity (Wildman–Crippen MR) is 92.9 cm³/mol. The molecule has 0 saturated carbocycles. The summed E-state index contributed by atoms with van der Waals surface area (Å²) in [5.74, 6) is 2.23. The van der Waals surface area contributed by atoms with Crippen LogP contribution in [0.25, 0.3) is 0 Å². The van der Waals surface area contributed by atoms with Crippen LogP contribution in [0.2, 0.25) is 7.86 Å². The zero-order valence-electron chi connectivity index (χ0n) is 15.0. The average molecular weight is 766 g/mol. The molecule has 0 amide bonds. The molecule has 0 spiro atoms. The molecule has 2 aliphatic rings. The Kier molecular flexibility index (Phi) is 9.47. The van der Waals surface area contributed by atoms with Crippen LogP contribution in [-0.4, -0.2) is 29.7 Å². The number of para-hydroxylation sites is 2. The summed E-state index contributed by atoms with van der Waals surface area (Å²) in [5, 5.41) is 0. The van der Waals surface area contributed by atoms with Gasteiger partial charge in [0.2, 0.25) is 0 Å². The number of fused-ring (bicyclic) bond motifs is 2. The predicted octanol–water partition coefficient (Wildman–Crippen LogP) is 3.26. The Morgan fingerprint density at radius 2 is 1.15 bits per heavy atom. The van der Waals surface area contributed by atoms with Gasteiger partial charge in [-0.25, -0.2) is 0 Å². The molecule has 2 N–H and O–H groups in total. The minimum atomic E-state index is -4.67. The summed E-state index contributed by atoms with van der Waals surface area (Å²) < 4.78 is 45.6. The summed E-state index contributed by atoms with van der Waals surface area (Å²) in [4.78, 5) is 0. The molecule has 2 aromatic rings. The fraction of sp³-hybridized carbons (Fsp3) is 0.333. The zero-order valence-corrected chi connectivity index (χ0v) is 26.8. The van der Waals surface area contributed by atoms with Crippen molar-refractivity contribution in [2.24, 2.45) is 0 Å². The van der Waals surface area contributed by atoms with E-state index in [9.17, 15) is 0 Å². The van der Waals surface area contributed by atoms with E-state index in [1.807, 2.05) is 12.1 Å². The Morgan fingerprint density at radius 3 is 1.44 bits per heavy atom. The fourth-order valence-electron chi connectivity index (χ4n) is 2.83. The topological polar surface area (TPSA) is 93.1 Å². The van der Waals surface area contributed by atoms with Gasteiger partial charge in [-0.1, -0.05) is 0 Å². The first-order valence-corrected chi connectivity index (χ1v) is 17.7. The second-order valence-corrected chi connectivity index (χ2v) is 11.5. The standard InChI is InChI=1S/2C9H9O.2Hg.H2O4S/c2*1-7-6-8-4-2-3-5-9(8)10-7;;;1-5(2,3)4/h2*2-5,7H,1,6H2;;;(H2,1,2,3,4). The van der Waals surface area contributed by atoms with Gasteiger partial charge in [0.25, 0.3) is 0 Å². The molecule has 2 atom stereocenters. The van der Waals surface area contributed by atoms with Crippen molar-refractivity contribution < 1.29 is 79.2 Å². The summed E-state index contributed by atoms with van der Waals surface area (Å²) >= 11 is 1.74. The molecule has 27 heavy (non-hydrogen) atoms. The van der Waals surface area contributed by atoms with Crippen molar-refractivity contribution in [2.45, 2.75) is 32.9 Å². The molecule has 0 saturated heterocycles. The van der Waals surface area contributed by atoms with Crippen LogP contribution >= 0.6 is 0 Å². The molecule has 0 bridgehead atoms. The van der Waals surface area contributed by atoms with Crippen molar-refractivity contribution >= 4 is 10.4 Å². The third-order valence-corrected chi connectivity index (χ3v) is 9.08. The number of ether oxygens (including phenoxy) is 2. The molecule has 0 radical (unpaired) electrons. The summed E-state index contributed by atoms with van der Waals surface area (Å²) in [6.45, 7) is 0. The van der Waals surface area contributed by atoms with Crippen molar-refractivity contribution in [2.75, 3.05) is 0 Å². The molecule has 4 rings (SSSR count). The molecule has 6 nitrogen and oxygen atoms in total. The van der Waals surface area contributed by atoms with E-state index >= 15 is 0 Å². The van der Waals surface area contributed by atoms with Crippen LogP contribution in [0.5, 0.6) is 11.5 Å². The van der Waals surface area contributed by atoms with Gasteiger partial charge >= 0.3 is 176 Å². The van der Waals surface area contributed by atoms with Crippen molar-refractivity contribution in [1.29, 1.82) is 0 Å². The maximum absolute atomic E-state index is 8.74. The Morgan fingerprint density at radius 1 is 0.815 bits per heavy atom. The van der Waals surface area contributed by atoms with Crippen molar-refractivity contribution in [1.82, 2.24) is 0 Å². The summed E-state index contributed by atoms with van der Waals surface area (Å²) in [6, 6.07) is 16.7. The molecule has 2 unspecified atom stereocenters. The molecule has 0 aromatic heterocycles. The first kappa shape index (κ1) is 23.1. The molecule has 0 fully saturated rings. The van der Waals surface area contributed by atoms with Gasteiger partial charge in [0.05, 0.1) is 0 Å². The van der Waals surface area contributed by atoms with Crippen molar-refractivity contribution in [3.63, 3.8) is 0 Å². The molecule has 2 aliphatic heterocycles. The average Bonchev–Trinajstić information content (AvgIpc) is 3.23. The van der Waals surface area contributed by atoms with Crippen LogP contribution in [0, 0.1) is 0 Å². The monoisotopic (exact) mass is 768 g/mol. The first-order valence-electron chi connectivity index (χ1n) is 8.57. The van der Waals surface area contributed by atoms with E-state index in [4.69, 9.17) is 27.0 Å². The number of rotatable bonds is 2. The van der Waals surface area contributed by atoms with Crippen LogP contribution in [0.1, 0.15) is 11.1 Å². The third kappa shape index (κ3) is 8.35. The van der Waals surface area contributed by atoms with Gasteiger partial charge in [0.1, 0.15) is 0 Å². The van der Waals surface area contributed by atoms with Crippen LogP contribution in [0.15, 0.2) is 48.5 Å². The zero-order chi connectivity index (χ0) is 19.9. The molecular weight excluding hydrogens is 745 g/mol. The first-order chi connectivity index (χ1) is 12.8. The Labute approximate surface area is 192 Å². The summed E-state index contributed by atoms with van der Waals surface area (Å²) in [6.07, 6.45) is 3.30. The molecule has 138 valence electrons.